The van der Waals surface area contributed by atoms with Crippen molar-refractivity contribution in [3.05, 3.63) is 21.8 Å². The molecule has 1 unspecified atom stereocenters. The number of rotatable bonds is 3. The number of pyridine rings is 1. The van der Waals surface area contributed by atoms with Crippen molar-refractivity contribution in [2.75, 3.05) is 0 Å². The Bertz CT molecular complexity index is 293. The minimum Gasteiger partial charge on any atom is -0.474 e. The van der Waals surface area contributed by atoms with Crippen molar-refractivity contribution in [2.45, 2.75) is 26.4 Å². The molecule has 1 aromatic rings. The summed E-state index contributed by atoms with van der Waals surface area (Å²) in [7, 11) is 0. The highest BCUT2D eigenvalue weighted by Gasteiger charge is 2.07. The molecule has 0 aliphatic carbocycles. The Labute approximate surface area is 91.4 Å². The molecular formula is C9H11BrClNO. The fraction of sp³-hybridized carbons (Fsp3) is 0.444. The molecule has 1 aromatic heterocycles. The number of halogens is 2. The number of hydrogen-bond acceptors (Lipinski definition) is 2. The average molecular weight is 265 g/mol. The lowest BCUT2D eigenvalue weighted by atomic mass is 10.3. The first kappa shape index (κ1) is 10.8. The van der Waals surface area contributed by atoms with E-state index in [-0.39, 0.29) is 6.10 Å². The molecule has 2 nitrogen and oxygen atoms in total. The average Bonchev–Trinajstić information content (AvgIpc) is 2.09. The van der Waals surface area contributed by atoms with Gasteiger partial charge in [0.05, 0.1) is 6.10 Å². The van der Waals surface area contributed by atoms with Gasteiger partial charge in [0, 0.05) is 10.7 Å². The lowest BCUT2D eigenvalue weighted by Gasteiger charge is -2.12. The highest BCUT2D eigenvalue weighted by Crippen LogP contribution is 2.25. The summed E-state index contributed by atoms with van der Waals surface area (Å²) in [6.07, 6.45) is 2.75. The first-order chi connectivity index (χ1) is 6.13. The number of ether oxygens (including phenoxy) is 1. The van der Waals surface area contributed by atoms with Gasteiger partial charge in [-0.3, -0.25) is 0 Å². The summed E-state index contributed by atoms with van der Waals surface area (Å²) in [5.74, 6) is 0.499. The molecule has 0 aromatic carbocycles. The summed E-state index contributed by atoms with van der Waals surface area (Å²) in [6, 6.07) is 1.77. The minimum atomic E-state index is 0.145. The van der Waals surface area contributed by atoms with Crippen LogP contribution in [0.2, 0.25) is 5.02 Å². The van der Waals surface area contributed by atoms with Gasteiger partial charge in [-0.2, -0.15) is 0 Å². The second-order valence-corrected chi connectivity index (χ2v) is 4.10. The van der Waals surface area contributed by atoms with Crippen LogP contribution in [0.3, 0.4) is 0 Å². The molecule has 0 radical (unpaired) electrons. The summed E-state index contributed by atoms with van der Waals surface area (Å²) >= 11 is 9.19. The van der Waals surface area contributed by atoms with Gasteiger partial charge in [0.2, 0.25) is 5.88 Å². The van der Waals surface area contributed by atoms with E-state index in [2.05, 4.69) is 27.8 Å². The molecule has 0 aliphatic heterocycles. The second-order valence-electron chi connectivity index (χ2n) is 2.78. The van der Waals surface area contributed by atoms with Crippen LogP contribution in [-0.2, 0) is 0 Å². The molecule has 0 amide bonds. The Morgan fingerprint density at radius 2 is 2.38 bits per heavy atom. The third-order valence-corrected chi connectivity index (χ3v) is 2.37. The summed E-state index contributed by atoms with van der Waals surface area (Å²) in [5, 5.41) is 0.537. The predicted octanol–water partition coefficient (Wildman–Crippen LogP) is 3.67. The lowest BCUT2D eigenvalue weighted by molar-refractivity contribution is 0.209. The fourth-order valence-electron chi connectivity index (χ4n) is 0.763. The maximum atomic E-state index is 5.91. The normalized spacial score (nSPS) is 12.6. The Morgan fingerprint density at radius 3 is 2.92 bits per heavy atom. The molecule has 13 heavy (non-hydrogen) atoms. The number of hydrogen-bond donors (Lipinski definition) is 0. The predicted molar refractivity (Wildman–Crippen MR) is 57.3 cm³/mol. The summed E-state index contributed by atoms with van der Waals surface area (Å²) < 4.78 is 6.34. The van der Waals surface area contributed by atoms with E-state index >= 15 is 0 Å². The Kier molecular flexibility index (Phi) is 4.00. The topological polar surface area (TPSA) is 22.1 Å². The van der Waals surface area contributed by atoms with Crippen LogP contribution in [0.1, 0.15) is 20.3 Å². The van der Waals surface area contributed by atoms with Gasteiger partial charge in [0.1, 0.15) is 5.02 Å². The standard InChI is InChI=1S/C9H11BrClNO/c1-3-6(2)13-9-8(11)4-7(10)5-12-9/h4-6H,3H2,1-2H3. The van der Waals surface area contributed by atoms with Crippen LogP contribution < -0.4 is 4.74 Å². The number of nitrogens with zero attached hydrogens (tertiary/aromatic N) is 1. The minimum absolute atomic E-state index is 0.145. The molecule has 4 heteroatoms. The smallest absolute Gasteiger partial charge is 0.232 e. The van der Waals surface area contributed by atoms with Crippen LogP contribution in [0.4, 0.5) is 0 Å². The number of aromatic nitrogens is 1. The van der Waals surface area contributed by atoms with Gasteiger partial charge >= 0.3 is 0 Å². The highest BCUT2D eigenvalue weighted by molar-refractivity contribution is 9.10. The Hall–Kier alpha value is -0.280. The van der Waals surface area contributed by atoms with E-state index in [4.69, 9.17) is 16.3 Å². The molecule has 72 valence electrons. The van der Waals surface area contributed by atoms with Crippen LogP contribution >= 0.6 is 27.5 Å². The zero-order chi connectivity index (χ0) is 9.84. The first-order valence-corrected chi connectivity index (χ1v) is 5.28. The van der Waals surface area contributed by atoms with Gasteiger partial charge in [-0.15, -0.1) is 0 Å². The highest BCUT2D eigenvalue weighted by atomic mass is 79.9. The van der Waals surface area contributed by atoms with Crippen molar-refractivity contribution in [3.63, 3.8) is 0 Å². The molecule has 0 N–H and O–H groups in total. The van der Waals surface area contributed by atoms with E-state index in [0.717, 1.165) is 10.9 Å². The van der Waals surface area contributed by atoms with Crippen LogP contribution in [0.15, 0.2) is 16.7 Å². The first-order valence-electron chi connectivity index (χ1n) is 4.11. The van der Waals surface area contributed by atoms with Crippen molar-refractivity contribution < 1.29 is 4.74 Å². The SMILES string of the molecule is CCC(C)Oc1ncc(Br)cc1Cl. The largest absolute Gasteiger partial charge is 0.474 e. The van der Waals surface area contributed by atoms with Crippen molar-refractivity contribution in [1.29, 1.82) is 0 Å². The molecule has 0 aliphatic rings. The van der Waals surface area contributed by atoms with Gasteiger partial charge in [0.15, 0.2) is 0 Å². The molecular weight excluding hydrogens is 253 g/mol. The van der Waals surface area contributed by atoms with Gasteiger partial charge in [-0.05, 0) is 35.3 Å². The maximum Gasteiger partial charge on any atom is 0.232 e. The van der Waals surface area contributed by atoms with Crippen LogP contribution in [0.5, 0.6) is 5.88 Å². The molecule has 0 spiro atoms. The zero-order valence-electron chi connectivity index (χ0n) is 7.55. The van der Waals surface area contributed by atoms with Gasteiger partial charge < -0.3 is 4.74 Å². The van der Waals surface area contributed by atoms with E-state index in [1.54, 1.807) is 12.3 Å². The van der Waals surface area contributed by atoms with Gasteiger partial charge in [-0.25, -0.2) is 4.98 Å². The summed E-state index contributed by atoms with van der Waals surface area (Å²) in [4.78, 5) is 4.06. The van der Waals surface area contributed by atoms with E-state index < -0.39 is 0 Å². The Morgan fingerprint density at radius 1 is 1.69 bits per heavy atom. The lowest BCUT2D eigenvalue weighted by Crippen LogP contribution is -2.10. The summed E-state index contributed by atoms with van der Waals surface area (Å²) in [5.41, 5.74) is 0. The van der Waals surface area contributed by atoms with E-state index in [1.165, 1.54) is 0 Å². The van der Waals surface area contributed by atoms with Crippen LogP contribution in [0.25, 0.3) is 0 Å². The summed E-state index contributed by atoms with van der Waals surface area (Å²) in [6.45, 7) is 4.04. The van der Waals surface area contributed by atoms with Crippen molar-refractivity contribution in [1.82, 2.24) is 4.98 Å². The zero-order valence-corrected chi connectivity index (χ0v) is 9.89. The van der Waals surface area contributed by atoms with Gasteiger partial charge in [-0.1, -0.05) is 18.5 Å². The van der Waals surface area contributed by atoms with E-state index in [1.807, 2.05) is 6.92 Å². The molecule has 0 bridgehead atoms. The third kappa shape index (κ3) is 3.16. The third-order valence-electron chi connectivity index (χ3n) is 1.66. The molecule has 1 rings (SSSR count). The maximum absolute atomic E-state index is 5.91. The quantitative estimate of drug-likeness (QED) is 0.831. The van der Waals surface area contributed by atoms with Crippen molar-refractivity contribution in [3.8, 4) is 5.88 Å². The van der Waals surface area contributed by atoms with E-state index in [9.17, 15) is 0 Å². The fourth-order valence-corrected chi connectivity index (χ4v) is 1.44. The van der Waals surface area contributed by atoms with Crippen molar-refractivity contribution >= 4 is 27.5 Å². The molecule has 0 saturated carbocycles. The molecule has 0 saturated heterocycles. The Balaban J connectivity index is 2.77. The van der Waals surface area contributed by atoms with Crippen LogP contribution in [0, 0.1) is 0 Å². The monoisotopic (exact) mass is 263 g/mol. The van der Waals surface area contributed by atoms with Crippen molar-refractivity contribution in [2.24, 2.45) is 0 Å². The van der Waals surface area contributed by atoms with Crippen LogP contribution in [-0.4, -0.2) is 11.1 Å². The molecule has 0 fully saturated rings. The molecule has 1 atom stereocenters. The molecule has 1 heterocycles. The van der Waals surface area contributed by atoms with E-state index in [0.29, 0.717) is 10.9 Å². The van der Waals surface area contributed by atoms with Gasteiger partial charge in [0.25, 0.3) is 0 Å². The second kappa shape index (κ2) is 4.82.